The Morgan fingerprint density at radius 2 is 1.77 bits per heavy atom. The number of hydrogen-bond acceptors (Lipinski definition) is 4. The number of carbonyl (C=O) groups excluding carboxylic acids is 2. The molecular formula is C19H18N4O3. The van der Waals surface area contributed by atoms with E-state index in [2.05, 4.69) is 15.7 Å². The number of fused-ring (bicyclic) bond motifs is 1. The van der Waals surface area contributed by atoms with Crippen molar-refractivity contribution in [1.82, 2.24) is 9.78 Å². The smallest absolute Gasteiger partial charge is 0.226 e. The van der Waals surface area contributed by atoms with Gasteiger partial charge in [-0.2, -0.15) is 5.10 Å². The molecule has 1 aromatic heterocycles. The largest absolute Gasteiger partial charge is 0.326 e. The lowest BCUT2D eigenvalue weighted by Gasteiger charge is -2.10. The van der Waals surface area contributed by atoms with Crippen LogP contribution in [0.1, 0.15) is 13.3 Å². The molecule has 0 saturated carbocycles. The Bertz CT molecular complexity index is 1030. The van der Waals surface area contributed by atoms with E-state index in [0.717, 1.165) is 0 Å². The maximum Gasteiger partial charge on any atom is 0.226 e. The van der Waals surface area contributed by atoms with E-state index in [1.165, 1.54) is 13.1 Å². The van der Waals surface area contributed by atoms with Gasteiger partial charge in [0.25, 0.3) is 0 Å². The second kappa shape index (κ2) is 7.60. The maximum atomic E-state index is 12.2. The van der Waals surface area contributed by atoms with E-state index in [4.69, 9.17) is 0 Å². The molecule has 0 spiro atoms. The third kappa shape index (κ3) is 4.13. The van der Waals surface area contributed by atoms with Crippen LogP contribution in [0.3, 0.4) is 0 Å². The normalized spacial score (nSPS) is 10.5. The summed E-state index contributed by atoms with van der Waals surface area (Å²) in [5.74, 6) is -0.362. The Morgan fingerprint density at radius 1 is 1.04 bits per heavy atom. The third-order valence-corrected chi connectivity index (χ3v) is 3.78. The van der Waals surface area contributed by atoms with Crippen molar-refractivity contribution in [3.8, 4) is 0 Å². The van der Waals surface area contributed by atoms with Crippen LogP contribution < -0.4 is 16.1 Å². The van der Waals surface area contributed by atoms with Gasteiger partial charge in [0, 0.05) is 30.1 Å². The molecule has 0 fully saturated rings. The summed E-state index contributed by atoms with van der Waals surface area (Å²) < 4.78 is 1.64. The van der Waals surface area contributed by atoms with Crippen molar-refractivity contribution in [3.05, 3.63) is 65.0 Å². The van der Waals surface area contributed by atoms with E-state index in [1.54, 1.807) is 47.1 Å². The van der Waals surface area contributed by atoms with Crippen molar-refractivity contribution in [2.75, 3.05) is 10.6 Å². The Hall–Kier alpha value is -3.48. The van der Waals surface area contributed by atoms with Crippen LogP contribution in [0.5, 0.6) is 0 Å². The number of amides is 2. The van der Waals surface area contributed by atoms with Crippen LogP contribution in [0, 0.1) is 0 Å². The van der Waals surface area contributed by atoms with Crippen LogP contribution in [0.15, 0.2) is 59.5 Å². The monoisotopic (exact) mass is 350 g/mol. The number of rotatable bonds is 5. The quantitative estimate of drug-likeness (QED) is 0.739. The first-order chi connectivity index (χ1) is 12.5. The molecule has 7 nitrogen and oxygen atoms in total. The van der Waals surface area contributed by atoms with E-state index in [-0.39, 0.29) is 23.7 Å². The van der Waals surface area contributed by atoms with Gasteiger partial charge >= 0.3 is 0 Å². The molecule has 2 amide bonds. The van der Waals surface area contributed by atoms with Gasteiger partial charge in [-0.25, -0.2) is 0 Å². The third-order valence-electron chi connectivity index (χ3n) is 3.78. The number of benzene rings is 2. The maximum absolute atomic E-state index is 12.2. The lowest BCUT2D eigenvalue weighted by atomic mass is 10.2. The number of aryl methyl sites for hydroxylation is 1. The SMILES string of the molecule is CC(=O)Nc1cccc(NC(=O)CCn2ncc(=O)c3ccccc32)c1. The van der Waals surface area contributed by atoms with Gasteiger partial charge in [0.2, 0.25) is 17.2 Å². The molecule has 0 aliphatic carbocycles. The van der Waals surface area contributed by atoms with Crippen molar-refractivity contribution in [2.45, 2.75) is 19.9 Å². The lowest BCUT2D eigenvalue weighted by molar-refractivity contribution is -0.116. The van der Waals surface area contributed by atoms with Gasteiger partial charge in [-0.1, -0.05) is 18.2 Å². The molecular weight excluding hydrogens is 332 g/mol. The molecule has 2 aromatic carbocycles. The highest BCUT2D eigenvalue weighted by Crippen LogP contribution is 2.15. The van der Waals surface area contributed by atoms with E-state index in [1.807, 2.05) is 6.07 Å². The summed E-state index contributed by atoms with van der Waals surface area (Å²) in [4.78, 5) is 35.2. The average Bonchev–Trinajstić information content (AvgIpc) is 2.61. The molecule has 0 aliphatic heterocycles. The van der Waals surface area contributed by atoms with Gasteiger partial charge < -0.3 is 10.6 Å². The van der Waals surface area contributed by atoms with Crippen molar-refractivity contribution in [1.29, 1.82) is 0 Å². The molecule has 0 radical (unpaired) electrons. The molecule has 3 rings (SSSR count). The summed E-state index contributed by atoms with van der Waals surface area (Å²) in [5.41, 5.74) is 1.76. The number of nitrogens with zero attached hydrogens (tertiary/aromatic N) is 2. The van der Waals surface area contributed by atoms with Crippen LogP contribution in [0.25, 0.3) is 10.9 Å². The zero-order valence-electron chi connectivity index (χ0n) is 14.2. The van der Waals surface area contributed by atoms with Gasteiger partial charge in [-0.05, 0) is 30.3 Å². The minimum absolute atomic E-state index is 0.143. The minimum Gasteiger partial charge on any atom is -0.326 e. The van der Waals surface area contributed by atoms with E-state index < -0.39 is 0 Å². The summed E-state index contributed by atoms with van der Waals surface area (Å²) in [6, 6.07) is 14.1. The molecule has 7 heteroatoms. The molecule has 0 aliphatic rings. The predicted octanol–water partition coefficient (Wildman–Crippen LogP) is 2.38. The van der Waals surface area contributed by atoms with Crippen molar-refractivity contribution >= 4 is 34.1 Å². The first kappa shape index (κ1) is 17.3. The van der Waals surface area contributed by atoms with E-state index in [9.17, 15) is 14.4 Å². The number of para-hydroxylation sites is 1. The molecule has 1 heterocycles. The number of aromatic nitrogens is 2. The highest BCUT2D eigenvalue weighted by atomic mass is 16.2. The Kier molecular flexibility index (Phi) is 5.07. The summed E-state index contributed by atoms with van der Waals surface area (Å²) in [5, 5.41) is 10.1. The number of hydrogen-bond donors (Lipinski definition) is 2. The molecule has 0 unspecified atom stereocenters. The predicted molar refractivity (Wildman–Crippen MR) is 100.0 cm³/mol. The van der Waals surface area contributed by atoms with Crippen LogP contribution in [0.4, 0.5) is 11.4 Å². The standard InChI is InChI=1S/C19H18N4O3/c1-13(24)21-14-5-4-6-15(11-14)22-19(26)9-10-23-17-8-3-2-7-16(17)18(25)12-20-23/h2-8,11-12H,9-10H2,1H3,(H,21,24)(H,22,26). The zero-order valence-corrected chi connectivity index (χ0v) is 14.2. The van der Waals surface area contributed by atoms with Gasteiger partial charge in [0.1, 0.15) is 0 Å². The van der Waals surface area contributed by atoms with Crippen molar-refractivity contribution < 1.29 is 9.59 Å². The highest BCUT2D eigenvalue weighted by molar-refractivity contribution is 5.93. The fraction of sp³-hybridized carbons (Fsp3) is 0.158. The minimum atomic E-state index is -0.186. The van der Waals surface area contributed by atoms with Gasteiger partial charge in [0.05, 0.1) is 18.3 Å². The van der Waals surface area contributed by atoms with Crippen molar-refractivity contribution in [2.24, 2.45) is 0 Å². The van der Waals surface area contributed by atoms with Crippen LogP contribution in [-0.4, -0.2) is 21.6 Å². The summed E-state index contributed by atoms with van der Waals surface area (Å²) in [6.07, 6.45) is 1.46. The molecule has 132 valence electrons. The molecule has 0 saturated heterocycles. The number of carbonyl (C=O) groups is 2. The second-order valence-electron chi connectivity index (χ2n) is 5.81. The fourth-order valence-corrected chi connectivity index (χ4v) is 2.65. The van der Waals surface area contributed by atoms with Gasteiger partial charge in [-0.15, -0.1) is 0 Å². The zero-order chi connectivity index (χ0) is 18.5. The molecule has 26 heavy (non-hydrogen) atoms. The topological polar surface area (TPSA) is 93.1 Å². The molecule has 2 N–H and O–H groups in total. The summed E-state index contributed by atoms with van der Waals surface area (Å²) in [7, 11) is 0. The molecule has 3 aromatic rings. The van der Waals surface area contributed by atoms with Crippen LogP contribution >= 0.6 is 0 Å². The van der Waals surface area contributed by atoms with Crippen LogP contribution in [0.2, 0.25) is 0 Å². The van der Waals surface area contributed by atoms with E-state index >= 15 is 0 Å². The van der Waals surface area contributed by atoms with E-state index in [0.29, 0.717) is 28.8 Å². The Labute approximate surface area is 149 Å². The van der Waals surface area contributed by atoms with Gasteiger partial charge in [0.15, 0.2) is 0 Å². The molecule has 0 bridgehead atoms. The van der Waals surface area contributed by atoms with Crippen molar-refractivity contribution in [3.63, 3.8) is 0 Å². The Morgan fingerprint density at radius 3 is 2.54 bits per heavy atom. The van der Waals surface area contributed by atoms with Crippen LogP contribution in [-0.2, 0) is 16.1 Å². The number of anilines is 2. The summed E-state index contributed by atoms with van der Waals surface area (Å²) >= 11 is 0. The first-order valence-corrected chi connectivity index (χ1v) is 8.15. The Balaban J connectivity index is 1.68. The van der Waals surface area contributed by atoms with Gasteiger partial charge in [-0.3, -0.25) is 19.1 Å². The average molecular weight is 350 g/mol. The highest BCUT2D eigenvalue weighted by Gasteiger charge is 2.07. The fourth-order valence-electron chi connectivity index (χ4n) is 2.65. The second-order valence-corrected chi connectivity index (χ2v) is 5.81. The number of nitrogens with one attached hydrogen (secondary N) is 2. The lowest BCUT2D eigenvalue weighted by Crippen LogP contribution is -2.18. The summed E-state index contributed by atoms with van der Waals surface area (Å²) in [6.45, 7) is 1.77. The molecule has 0 atom stereocenters. The first-order valence-electron chi connectivity index (χ1n) is 8.15.